The summed E-state index contributed by atoms with van der Waals surface area (Å²) in [6.45, 7) is 3.24. The lowest BCUT2D eigenvalue weighted by molar-refractivity contribution is -0.137. The number of nitrogens with two attached hydrogens (primary N) is 1. The van der Waals surface area contributed by atoms with Crippen molar-refractivity contribution < 1.29 is 9.59 Å². The highest BCUT2D eigenvalue weighted by atomic mass is 16.2. The average Bonchev–Trinajstić information content (AvgIpc) is 2.75. The molecule has 1 unspecified atom stereocenters. The van der Waals surface area contributed by atoms with Crippen molar-refractivity contribution in [3.05, 3.63) is 0 Å². The van der Waals surface area contributed by atoms with Crippen LogP contribution in [0.1, 0.15) is 25.7 Å². The molecular formula is C13H22N4O2. The van der Waals surface area contributed by atoms with Gasteiger partial charge in [-0.15, -0.1) is 0 Å². The molecule has 6 heteroatoms. The molecule has 1 saturated carbocycles. The van der Waals surface area contributed by atoms with Crippen molar-refractivity contribution in [2.75, 3.05) is 32.7 Å². The summed E-state index contributed by atoms with van der Waals surface area (Å²) >= 11 is 0. The van der Waals surface area contributed by atoms with Crippen LogP contribution in [-0.4, -0.2) is 60.5 Å². The van der Waals surface area contributed by atoms with Gasteiger partial charge in [0.15, 0.2) is 0 Å². The predicted molar refractivity (Wildman–Crippen MR) is 70.4 cm³/mol. The second-order valence-corrected chi connectivity index (χ2v) is 6.11. The molecule has 6 nitrogen and oxygen atoms in total. The van der Waals surface area contributed by atoms with Crippen LogP contribution in [0.25, 0.3) is 0 Å². The Hall–Kier alpha value is -1.30. The molecule has 1 atom stereocenters. The van der Waals surface area contributed by atoms with E-state index < -0.39 is 0 Å². The van der Waals surface area contributed by atoms with E-state index in [2.05, 4.69) is 5.32 Å². The minimum atomic E-state index is 0.00882. The van der Waals surface area contributed by atoms with Gasteiger partial charge in [-0.05, 0) is 24.8 Å². The number of fused-ring (bicyclic) bond motifs is 1. The third kappa shape index (κ3) is 2.18. The largest absolute Gasteiger partial charge is 0.339 e. The molecule has 2 saturated heterocycles. The first-order chi connectivity index (χ1) is 9.13. The third-order valence-electron chi connectivity index (χ3n) is 4.96. The summed E-state index contributed by atoms with van der Waals surface area (Å²) in [4.78, 5) is 27.6. The van der Waals surface area contributed by atoms with Crippen molar-refractivity contribution in [2.24, 2.45) is 11.1 Å². The highest BCUT2D eigenvalue weighted by Gasteiger charge is 2.41. The van der Waals surface area contributed by atoms with Crippen molar-refractivity contribution in [2.45, 2.75) is 31.7 Å². The number of amides is 3. The molecule has 106 valence electrons. The van der Waals surface area contributed by atoms with E-state index in [1.165, 1.54) is 6.42 Å². The number of hydrogen-bond donors (Lipinski definition) is 2. The molecule has 2 heterocycles. The van der Waals surface area contributed by atoms with Crippen LogP contribution in [0.2, 0.25) is 0 Å². The minimum absolute atomic E-state index is 0.00882. The molecule has 0 aromatic carbocycles. The summed E-state index contributed by atoms with van der Waals surface area (Å²) in [5, 5.41) is 2.83. The molecule has 3 fully saturated rings. The van der Waals surface area contributed by atoms with Gasteiger partial charge in [0.25, 0.3) is 0 Å². The number of hydrogen-bond acceptors (Lipinski definition) is 3. The zero-order chi connectivity index (χ0) is 13.5. The Bertz CT molecular complexity index is 389. The molecule has 0 aromatic rings. The standard InChI is InChI=1S/C13H22N4O2/c14-9-13(2-1-3-13)6-11(18)16-4-5-17-10(8-16)7-15-12(17)19/h10H,1-9,14H2,(H,15,19). The van der Waals surface area contributed by atoms with Crippen LogP contribution in [0.4, 0.5) is 4.79 Å². The van der Waals surface area contributed by atoms with Gasteiger partial charge in [0, 0.05) is 32.6 Å². The lowest BCUT2D eigenvalue weighted by Gasteiger charge is -2.43. The molecule has 0 bridgehead atoms. The van der Waals surface area contributed by atoms with Crippen molar-refractivity contribution >= 4 is 11.9 Å². The van der Waals surface area contributed by atoms with Crippen molar-refractivity contribution in [1.29, 1.82) is 0 Å². The van der Waals surface area contributed by atoms with Gasteiger partial charge in [0.1, 0.15) is 0 Å². The zero-order valence-corrected chi connectivity index (χ0v) is 11.2. The van der Waals surface area contributed by atoms with E-state index in [0.717, 1.165) is 12.8 Å². The van der Waals surface area contributed by atoms with E-state index in [-0.39, 0.29) is 23.4 Å². The van der Waals surface area contributed by atoms with Crippen LogP contribution >= 0.6 is 0 Å². The Morgan fingerprint density at radius 2 is 2.21 bits per heavy atom. The van der Waals surface area contributed by atoms with Crippen molar-refractivity contribution in [3.8, 4) is 0 Å². The van der Waals surface area contributed by atoms with Gasteiger partial charge in [-0.25, -0.2) is 4.79 Å². The smallest absolute Gasteiger partial charge is 0.317 e. The monoisotopic (exact) mass is 266 g/mol. The fourth-order valence-corrected chi connectivity index (χ4v) is 3.39. The predicted octanol–water partition coefficient (Wildman–Crippen LogP) is -0.258. The van der Waals surface area contributed by atoms with Crippen LogP contribution in [-0.2, 0) is 4.79 Å². The molecular weight excluding hydrogens is 244 g/mol. The second-order valence-electron chi connectivity index (χ2n) is 6.11. The maximum atomic E-state index is 12.4. The summed E-state index contributed by atoms with van der Waals surface area (Å²) in [5.41, 5.74) is 5.88. The van der Waals surface area contributed by atoms with E-state index in [1.807, 2.05) is 9.80 Å². The molecule has 3 aliphatic rings. The summed E-state index contributed by atoms with van der Waals surface area (Å²) < 4.78 is 0. The Morgan fingerprint density at radius 3 is 2.84 bits per heavy atom. The Kier molecular flexibility index (Phi) is 3.12. The molecule has 2 aliphatic heterocycles. The topological polar surface area (TPSA) is 78.7 Å². The zero-order valence-electron chi connectivity index (χ0n) is 11.2. The first-order valence-corrected chi connectivity index (χ1v) is 7.16. The van der Waals surface area contributed by atoms with Gasteiger partial charge < -0.3 is 20.9 Å². The lowest BCUT2D eigenvalue weighted by atomic mass is 9.66. The van der Waals surface area contributed by atoms with E-state index in [0.29, 0.717) is 39.1 Å². The molecule has 3 N–H and O–H groups in total. The molecule has 1 aliphatic carbocycles. The maximum Gasteiger partial charge on any atom is 0.317 e. The number of urea groups is 1. The number of carbonyl (C=O) groups excluding carboxylic acids is 2. The molecule has 0 aromatic heterocycles. The highest BCUT2D eigenvalue weighted by Crippen LogP contribution is 2.43. The molecule has 19 heavy (non-hydrogen) atoms. The van der Waals surface area contributed by atoms with Gasteiger partial charge in [0.2, 0.25) is 5.91 Å². The van der Waals surface area contributed by atoms with Crippen LogP contribution in [0, 0.1) is 5.41 Å². The first-order valence-electron chi connectivity index (χ1n) is 7.16. The fraction of sp³-hybridized carbons (Fsp3) is 0.846. The van der Waals surface area contributed by atoms with E-state index in [4.69, 9.17) is 5.73 Å². The summed E-state index contributed by atoms with van der Waals surface area (Å²) in [6, 6.07) is 0.162. The SMILES string of the molecule is NCC1(CC(=O)N2CCN3C(=O)NCC3C2)CCC1. The van der Waals surface area contributed by atoms with Crippen LogP contribution < -0.4 is 11.1 Å². The van der Waals surface area contributed by atoms with Gasteiger partial charge in [-0.1, -0.05) is 6.42 Å². The van der Waals surface area contributed by atoms with Crippen LogP contribution in [0.3, 0.4) is 0 Å². The van der Waals surface area contributed by atoms with E-state index in [1.54, 1.807) is 0 Å². The number of carbonyl (C=O) groups is 2. The fourth-order valence-electron chi connectivity index (χ4n) is 3.39. The second kappa shape index (κ2) is 4.67. The van der Waals surface area contributed by atoms with Crippen molar-refractivity contribution in [3.63, 3.8) is 0 Å². The average molecular weight is 266 g/mol. The summed E-state index contributed by atoms with van der Waals surface area (Å²) in [7, 11) is 0. The number of nitrogens with zero attached hydrogens (tertiary/aromatic N) is 2. The van der Waals surface area contributed by atoms with Crippen LogP contribution in [0.15, 0.2) is 0 Å². The highest BCUT2D eigenvalue weighted by molar-refractivity contribution is 5.80. The summed E-state index contributed by atoms with van der Waals surface area (Å²) in [5.74, 6) is 0.212. The number of piperazine rings is 1. The van der Waals surface area contributed by atoms with Crippen LogP contribution in [0.5, 0.6) is 0 Å². The molecule has 3 amide bonds. The number of nitrogens with one attached hydrogen (secondary N) is 1. The Morgan fingerprint density at radius 1 is 1.42 bits per heavy atom. The van der Waals surface area contributed by atoms with Gasteiger partial charge in [-0.2, -0.15) is 0 Å². The molecule has 0 radical (unpaired) electrons. The minimum Gasteiger partial charge on any atom is -0.339 e. The van der Waals surface area contributed by atoms with Gasteiger partial charge in [-0.3, -0.25) is 4.79 Å². The van der Waals surface area contributed by atoms with E-state index in [9.17, 15) is 9.59 Å². The Labute approximate surface area is 113 Å². The van der Waals surface area contributed by atoms with Gasteiger partial charge >= 0.3 is 6.03 Å². The third-order valence-corrected chi connectivity index (χ3v) is 4.96. The molecule has 0 spiro atoms. The lowest BCUT2D eigenvalue weighted by Crippen LogP contribution is -2.55. The van der Waals surface area contributed by atoms with E-state index >= 15 is 0 Å². The summed E-state index contributed by atoms with van der Waals surface area (Å²) in [6.07, 6.45) is 3.94. The number of rotatable bonds is 3. The quantitative estimate of drug-likeness (QED) is 0.739. The first kappa shape index (κ1) is 12.7. The normalized spacial score (nSPS) is 28.7. The Balaban J connectivity index is 1.58. The maximum absolute atomic E-state index is 12.4. The van der Waals surface area contributed by atoms with Crippen molar-refractivity contribution in [1.82, 2.24) is 15.1 Å². The molecule has 3 rings (SSSR count). The van der Waals surface area contributed by atoms with Gasteiger partial charge in [0.05, 0.1) is 6.04 Å².